The fraction of sp³-hybridized carbons (Fsp3) is 0.625. The zero-order valence-corrected chi connectivity index (χ0v) is 13.3. The standard InChI is InChI=1S/C16H20F3N3O2/c17-16(18,19)15-9-14(22(23)24)4-3-13(15)11-21-7-5-20(6-8-21)10-12-1-2-12/h3-4,9,12H,1-2,5-8,10-11H2. The quantitative estimate of drug-likeness (QED) is 0.609. The summed E-state index contributed by atoms with van der Waals surface area (Å²) < 4.78 is 39.6. The Balaban J connectivity index is 1.67. The fourth-order valence-corrected chi connectivity index (χ4v) is 3.12. The van der Waals surface area contributed by atoms with Crippen LogP contribution in [-0.2, 0) is 12.7 Å². The lowest BCUT2D eigenvalue weighted by molar-refractivity contribution is -0.385. The van der Waals surface area contributed by atoms with Gasteiger partial charge in [0.05, 0.1) is 10.5 Å². The van der Waals surface area contributed by atoms with Crippen LogP contribution in [0.15, 0.2) is 18.2 Å². The van der Waals surface area contributed by atoms with Gasteiger partial charge in [-0.15, -0.1) is 0 Å². The number of halogens is 3. The third-order valence-corrected chi connectivity index (χ3v) is 4.68. The van der Waals surface area contributed by atoms with E-state index < -0.39 is 22.4 Å². The summed E-state index contributed by atoms with van der Waals surface area (Å²) in [5.41, 5.74) is -1.33. The largest absolute Gasteiger partial charge is 0.416 e. The van der Waals surface area contributed by atoms with Crippen LogP contribution in [0.1, 0.15) is 24.0 Å². The minimum Gasteiger partial charge on any atom is -0.301 e. The first-order valence-corrected chi connectivity index (χ1v) is 8.12. The molecule has 1 saturated heterocycles. The minimum absolute atomic E-state index is 0.101. The lowest BCUT2D eigenvalue weighted by atomic mass is 10.0. The van der Waals surface area contributed by atoms with Gasteiger partial charge in [0.1, 0.15) is 0 Å². The molecule has 0 aromatic heterocycles. The zero-order valence-electron chi connectivity index (χ0n) is 13.3. The van der Waals surface area contributed by atoms with Gasteiger partial charge in [0.25, 0.3) is 5.69 Å². The van der Waals surface area contributed by atoms with E-state index in [1.54, 1.807) is 0 Å². The molecule has 0 spiro atoms. The molecule has 0 atom stereocenters. The topological polar surface area (TPSA) is 49.6 Å². The molecular weight excluding hydrogens is 323 g/mol. The highest BCUT2D eigenvalue weighted by Crippen LogP contribution is 2.35. The normalized spacial score (nSPS) is 20.3. The molecule has 0 unspecified atom stereocenters. The van der Waals surface area contributed by atoms with Crippen LogP contribution >= 0.6 is 0 Å². The molecule has 3 rings (SSSR count). The van der Waals surface area contributed by atoms with Crippen molar-refractivity contribution in [3.05, 3.63) is 39.4 Å². The second-order valence-corrected chi connectivity index (χ2v) is 6.62. The summed E-state index contributed by atoms with van der Waals surface area (Å²) in [6.45, 7) is 4.45. The van der Waals surface area contributed by atoms with Gasteiger partial charge in [-0.2, -0.15) is 13.2 Å². The molecule has 2 aliphatic rings. The summed E-state index contributed by atoms with van der Waals surface area (Å²) in [5, 5.41) is 10.7. The van der Waals surface area contributed by atoms with Crippen LogP contribution in [0.5, 0.6) is 0 Å². The highest BCUT2D eigenvalue weighted by Gasteiger charge is 2.35. The van der Waals surface area contributed by atoms with Gasteiger partial charge in [-0.3, -0.25) is 15.0 Å². The Kier molecular flexibility index (Phi) is 4.78. The molecule has 1 aromatic rings. The van der Waals surface area contributed by atoms with Crippen LogP contribution in [0.2, 0.25) is 0 Å². The van der Waals surface area contributed by atoms with Gasteiger partial charge in [-0.1, -0.05) is 6.07 Å². The Labute approximate surface area is 138 Å². The predicted octanol–water partition coefficient (Wildman–Crippen LogP) is 3.14. The molecule has 0 N–H and O–H groups in total. The first-order chi connectivity index (χ1) is 11.3. The number of benzene rings is 1. The molecule has 0 bridgehead atoms. The van der Waals surface area contributed by atoms with E-state index in [9.17, 15) is 23.3 Å². The second kappa shape index (κ2) is 6.68. The van der Waals surface area contributed by atoms with Crippen molar-refractivity contribution < 1.29 is 18.1 Å². The zero-order chi connectivity index (χ0) is 17.3. The molecule has 1 heterocycles. The number of nitrogens with zero attached hydrogens (tertiary/aromatic N) is 3. The molecule has 0 amide bonds. The van der Waals surface area contributed by atoms with Gasteiger partial charge >= 0.3 is 6.18 Å². The Morgan fingerprint density at radius 1 is 1.12 bits per heavy atom. The molecule has 24 heavy (non-hydrogen) atoms. The van der Waals surface area contributed by atoms with Gasteiger partial charge in [-0.25, -0.2) is 0 Å². The van der Waals surface area contributed by atoms with Gasteiger partial charge in [0, 0.05) is 51.4 Å². The van der Waals surface area contributed by atoms with Crippen LogP contribution in [0.3, 0.4) is 0 Å². The summed E-state index contributed by atoms with van der Waals surface area (Å²) in [7, 11) is 0. The smallest absolute Gasteiger partial charge is 0.301 e. The Hall–Kier alpha value is -1.67. The van der Waals surface area contributed by atoms with E-state index in [1.807, 2.05) is 4.90 Å². The number of piperazine rings is 1. The number of alkyl halides is 3. The third-order valence-electron chi connectivity index (χ3n) is 4.68. The monoisotopic (exact) mass is 343 g/mol. The van der Waals surface area contributed by atoms with Crippen molar-refractivity contribution in [1.29, 1.82) is 0 Å². The molecule has 2 fully saturated rings. The lowest BCUT2D eigenvalue weighted by Gasteiger charge is -2.35. The van der Waals surface area contributed by atoms with E-state index in [0.29, 0.717) is 6.07 Å². The maximum atomic E-state index is 13.2. The van der Waals surface area contributed by atoms with Gasteiger partial charge in [-0.05, 0) is 24.3 Å². The summed E-state index contributed by atoms with van der Waals surface area (Å²) >= 11 is 0. The lowest BCUT2D eigenvalue weighted by Crippen LogP contribution is -2.46. The van der Waals surface area contributed by atoms with Crippen LogP contribution in [0.4, 0.5) is 18.9 Å². The average Bonchev–Trinajstić information content (AvgIpc) is 3.32. The number of hydrogen-bond acceptors (Lipinski definition) is 4. The van der Waals surface area contributed by atoms with Crippen molar-refractivity contribution in [2.45, 2.75) is 25.6 Å². The first-order valence-electron chi connectivity index (χ1n) is 8.12. The molecule has 132 valence electrons. The van der Waals surface area contributed by atoms with E-state index in [-0.39, 0.29) is 12.1 Å². The average molecular weight is 343 g/mol. The molecule has 1 aromatic carbocycles. The summed E-state index contributed by atoms with van der Waals surface area (Å²) in [6, 6.07) is 3.02. The Morgan fingerprint density at radius 3 is 2.29 bits per heavy atom. The first kappa shape index (κ1) is 17.2. The number of nitro groups is 1. The molecule has 1 saturated carbocycles. The van der Waals surface area contributed by atoms with Gasteiger partial charge < -0.3 is 4.90 Å². The van der Waals surface area contributed by atoms with E-state index >= 15 is 0 Å². The SMILES string of the molecule is O=[N+]([O-])c1ccc(CN2CCN(CC3CC3)CC2)c(C(F)(F)F)c1. The molecule has 5 nitrogen and oxygen atoms in total. The van der Waals surface area contributed by atoms with Crippen molar-refractivity contribution in [1.82, 2.24) is 9.80 Å². The molecule has 1 aliphatic heterocycles. The maximum absolute atomic E-state index is 13.2. The van der Waals surface area contributed by atoms with Crippen molar-refractivity contribution in [3.8, 4) is 0 Å². The van der Waals surface area contributed by atoms with Crippen molar-refractivity contribution >= 4 is 5.69 Å². The number of rotatable bonds is 5. The summed E-state index contributed by atoms with van der Waals surface area (Å²) in [6.07, 6.45) is -2.01. The highest BCUT2D eigenvalue weighted by atomic mass is 19.4. The summed E-state index contributed by atoms with van der Waals surface area (Å²) in [5.74, 6) is 0.808. The molecule has 1 aliphatic carbocycles. The number of hydrogen-bond donors (Lipinski definition) is 0. The van der Waals surface area contributed by atoms with Crippen LogP contribution in [-0.4, -0.2) is 47.4 Å². The maximum Gasteiger partial charge on any atom is 0.416 e. The summed E-state index contributed by atoms with van der Waals surface area (Å²) in [4.78, 5) is 14.3. The Bertz CT molecular complexity index is 609. The molecule has 0 radical (unpaired) electrons. The third kappa shape index (κ3) is 4.24. The highest BCUT2D eigenvalue weighted by molar-refractivity contribution is 5.41. The predicted molar refractivity (Wildman–Crippen MR) is 82.5 cm³/mol. The number of nitro benzene ring substituents is 1. The van der Waals surface area contributed by atoms with Crippen LogP contribution in [0, 0.1) is 16.0 Å². The van der Waals surface area contributed by atoms with Crippen LogP contribution in [0.25, 0.3) is 0 Å². The minimum atomic E-state index is -4.59. The Morgan fingerprint density at radius 2 is 1.75 bits per heavy atom. The molecular formula is C16H20F3N3O2. The van der Waals surface area contributed by atoms with E-state index in [2.05, 4.69) is 4.90 Å². The van der Waals surface area contributed by atoms with Gasteiger partial charge in [0.15, 0.2) is 0 Å². The van der Waals surface area contributed by atoms with Crippen molar-refractivity contribution in [2.75, 3.05) is 32.7 Å². The van der Waals surface area contributed by atoms with E-state index in [0.717, 1.165) is 44.7 Å². The fourth-order valence-electron chi connectivity index (χ4n) is 3.12. The van der Waals surface area contributed by atoms with Gasteiger partial charge in [0.2, 0.25) is 0 Å². The van der Waals surface area contributed by atoms with E-state index in [1.165, 1.54) is 18.9 Å². The van der Waals surface area contributed by atoms with E-state index in [4.69, 9.17) is 0 Å². The van der Waals surface area contributed by atoms with Crippen molar-refractivity contribution in [3.63, 3.8) is 0 Å². The molecule has 8 heteroatoms. The van der Waals surface area contributed by atoms with Crippen molar-refractivity contribution in [2.24, 2.45) is 5.92 Å². The number of non-ortho nitro benzene ring substituents is 1. The second-order valence-electron chi connectivity index (χ2n) is 6.62. The van der Waals surface area contributed by atoms with Crippen LogP contribution < -0.4 is 0 Å².